The van der Waals surface area contributed by atoms with Crippen LogP contribution in [0.5, 0.6) is 0 Å². The molecule has 2 heterocycles. The van der Waals surface area contributed by atoms with E-state index in [1.807, 2.05) is 26.0 Å². The first-order valence-corrected chi connectivity index (χ1v) is 12.1. The van der Waals surface area contributed by atoms with Crippen LogP contribution in [0.25, 0.3) is 0 Å². The van der Waals surface area contributed by atoms with E-state index in [1.165, 1.54) is 17.6 Å². The van der Waals surface area contributed by atoms with Gasteiger partial charge in [-0.3, -0.25) is 14.4 Å². The molecule has 7 heteroatoms. The van der Waals surface area contributed by atoms with Crippen LogP contribution in [0.2, 0.25) is 0 Å². The van der Waals surface area contributed by atoms with Gasteiger partial charge in [-0.25, -0.2) is 0 Å². The largest absolute Gasteiger partial charge is 0.380 e. The minimum Gasteiger partial charge on any atom is -0.380 e. The van der Waals surface area contributed by atoms with Gasteiger partial charge >= 0.3 is 0 Å². The second-order valence-corrected chi connectivity index (χ2v) is 9.60. The van der Waals surface area contributed by atoms with E-state index in [-0.39, 0.29) is 35.7 Å². The molecule has 1 aromatic heterocycles. The molecule has 3 rings (SSSR count). The zero-order chi connectivity index (χ0) is 24.7. The minimum absolute atomic E-state index is 0.00888. The van der Waals surface area contributed by atoms with Gasteiger partial charge in [0.1, 0.15) is 11.8 Å². The number of amides is 1. The molecular weight excluding hydrogens is 430 g/mol. The molecule has 0 radical (unpaired) electrons. The van der Waals surface area contributed by atoms with Gasteiger partial charge in [0.2, 0.25) is 5.91 Å². The number of carbonyl (C=O) groups is 2. The molecule has 1 fully saturated rings. The number of ketones is 1. The molecule has 0 spiro atoms. The van der Waals surface area contributed by atoms with Crippen LogP contribution in [0, 0.1) is 5.92 Å². The van der Waals surface area contributed by atoms with Crippen LogP contribution < -0.4 is 15.8 Å². The molecule has 1 N–H and O–H groups in total. The number of hydrogen-bond acceptors (Lipinski definition) is 5. The highest BCUT2D eigenvalue weighted by Gasteiger charge is 2.27. The van der Waals surface area contributed by atoms with Crippen LogP contribution >= 0.6 is 0 Å². The summed E-state index contributed by atoms with van der Waals surface area (Å²) in [6.07, 6.45) is 4.66. The Morgan fingerprint density at radius 2 is 1.97 bits per heavy atom. The standard InChI is InChI=1S/C27H37N3O4/c1-19(2)15-25(30-14-6-5-12-26(30)32)27(33)28-24(16-20(3)31)21-9-7-10-22(17-21)29-13-8-11-23(18-29)34-4/h5-7,9-10,12,14,17,19,23-25H,8,11,13,15-16,18H2,1-4H3,(H,28,33)/t23-,24-,25-/m0/s1. The van der Waals surface area contributed by atoms with Crippen molar-refractivity contribution in [2.24, 2.45) is 5.92 Å². The first kappa shape index (κ1) is 25.7. The van der Waals surface area contributed by atoms with Crippen molar-refractivity contribution in [2.45, 2.75) is 64.6 Å². The molecule has 1 amide bonds. The Morgan fingerprint density at radius 3 is 2.65 bits per heavy atom. The summed E-state index contributed by atoms with van der Waals surface area (Å²) in [6.45, 7) is 7.34. The lowest BCUT2D eigenvalue weighted by Crippen LogP contribution is -2.40. The summed E-state index contributed by atoms with van der Waals surface area (Å²) >= 11 is 0. The first-order valence-electron chi connectivity index (χ1n) is 12.1. The molecule has 1 aliphatic rings. The summed E-state index contributed by atoms with van der Waals surface area (Å²) in [5.41, 5.74) is 1.72. The van der Waals surface area contributed by atoms with Gasteiger partial charge in [-0.2, -0.15) is 0 Å². The van der Waals surface area contributed by atoms with Crippen LogP contribution in [0.1, 0.15) is 64.1 Å². The van der Waals surface area contributed by atoms with Gasteiger partial charge in [-0.05, 0) is 55.9 Å². The monoisotopic (exact) mass is 467 g/mol. The number of methoxy groups -OCH3 is 1. The molecule has 184 valence electrons. The number of nitrogens with zero attached hydrogens (tertiary/aromatic N) is 2. The fourth-order valence-electron chi connectivity index (χ4n) is 4.60. The molecular formula is C27H37N3O4. The van der Waals surface area contributed by atoms with Crippen molar-refractivity contribution >= 4 is 17.4 Å². The van der Waals surface area contributed by atoms with Crippen molar-refractivity contribution in [3.63, 3.8) is 0 Å². The lowest BCUT2D eigenvalue weighted by Gasteiger charge is -2.34. The number of pyridine rings is 1. The third-order valence-corrected chi connectivity index (χ3v) is 6.34. The summed E-state index contributed by atoms with van der Waals surface area (Å²) in [5, 5.41) is 3.08. The number of piperidine rings is 1. The maximum absolute atomic E-state index is 13.5. The van der Waals surface area contributed by atoms with Gasteiger partial charge in [0.15, 0.2) is 0 Å². The maximum atomic E-state index is 13.5. The molecule has 2 aromatic rings. The smallest absolute Gasteiger partial charge is 0.251 e. The Labute approximate surface area is 202 Å². The zero-order valence-electron chi connectivity index (χ0n) is 20.7. The van der Waals surface area contributed by atoms with E-state index in [1.54, 1.807) is 25.4 Å². The van der Waals surface area contributed by atoms with Crippen LogP contribution in [0.3, 0.4) is 0 Å². The normalized spacial score (nSPS) is 17.9. The Kier molecular flexibility index (Phi) is 9.05. The first-order chi connectivity index (χ1) is 16.3. The lowest BCUT2D eigenvalue weighted by atomic mass is 9.98. The quantitative estimate of drug-likeness (QED) is 0.573. The Hall–Kier alpha value is -2.93. The van der Waals surface area contributed by atoms with E-state index < -0.39 is 12.1 Å². The third-order valence-electron chi connectivity index (χ3n) is 6.34. The Bertz CT molecular complexity index is 1030. The number of aromatic nitrogens is 1. The van der Waals surface area contributed by atoms with Crippen LogP contribution in [0.15, 0.2) is 53.5 Å². The highest BCUT2D eigenvalue weighted by molar-refractivity contribution is 5.82. The van der Waals surface area contributed by atoms with E-state index in [0.29, 0.717) is 6.42 Å². The molecule has 0 saturated carbocycles. The topological polar surface area (TPSA) is 80.6 Å². The number of hydrogen-bond donors (Lipinski definition) is 1. The summed E-state index contributed by atoms with van der Waals surface area (Å²) in [4.78, 5) is 40.3. The molecule has 1 saturated heterocycles. The highest BCUT2D eigenvalue weighted by atomic mass is 16.5. The van der Waals surface area contributed by atoms with E-state index in [2.05, 4.69) is 22.3 Å². The second-order valence-electron chi connectivity index (χ2n) is 9.60. The number of ether oxygens (including phenoxy) is 1. The van der Waals surface area contributed by atoms with E-state index >= 15 is 0 Å². The van der Waals surface area contributed by atoms with Crippen LogP contribution in [-0.2, 0) is 14.3 Å². The second kappa shape index (κ2) is 12.0. The molecule has 7 nitrogen and oxygen atoms in total. The van der Waals surface area contributed by atoms with Crippen molar-refractivity contribution in [1.82, 2.24) is 9.88 Å². The SMILES string of the molecule is CO[C@H]1CCCN(c2cccc([C@H](CC(C)=O)NC(=O)[C@H](CC(C)C)n3ccccc3=O)c2)C1. The van der Waals surface area contributed by atoms with Gasteiger partial charge in [-0.1, -0.05) is 32.0 Å². The predicted molar refractivity (Wildman–Crippen MR) is 134 cm³/mol. The summed E-state index contributed by atoms with van der Waals surface area (Å²) < 4.78 is 7.05. The van der Waals surface area contributed by atoms with Gasteiger partial charge < -0.3 is 19.5 Å². The third kappa shape index (κ3) is 6.79. The molecule has 1 aromatic carbocycles. The number of rotatable bonds is 10. The lowest BCUT2D eigenvalue weighted by molar-refractivity contribution is -0.126. The zero-order valence-corrected chi connectivity index (χ0v) is 20.7. The number of benzene rings is 1. The average Bonchev–Trinajstić information content (AvgIpc) is 2.82. The number of carbonyl (C=O) groups excluding carboxylic acids is 2. The number of Topliss-reactive ketones (excluding diaryl/α,β-unsaturated/α-hetero) is 1. The van der Waals surface area contributed by atoms with E-state index in [9.17, 15) is 14.4 Å². The fraction of sp³-hybridized carbons (Fsp3) is 0.519. The van der Waals surface area contributed by atoms with Gasteiger partial charge in [0, 0.05) is 44.6 Å². The van der Waals surface area contributed by atoms with Crippen LogP contribution in [-0.4, -0.2) is 42.6 Å². The Balaban J connectivity index is 1.87. The minimum atomic E-state index is -0.643. The van der Waals surface area contributed by atoms with Gasteiger partial charge in [0.05, 0.1) is 12.1 Å². The molecule has 34 heavy (non-hydrogen) atoms. The maximum Gasteiger partial charge on any atom is 0.251 e. The van der Waals surface area contributed by atoms with E-state index in [4.69, 9.17) is 4.74 Å². The number of nitrogens with one attached hydrogen (secondary N) is 1. The molecule has 0 bridgehead atoms. The Morgan fingerprint density at radius 1 is 1.18 bits per heavy atom. The van der Waals surface area contributed by atoms with Crippen molar-refractivity contribution in [3.8, 4) is 0 Å². The summed E-state index contributed by atoms with van der Waals surface area (Å²) in [5.74, 6) is -0.0493. The molecule has 0 aliphatic carbocycles. The van der Waals surface area contributed by atoms with Crippen molar-refractivity contribution in [3.05, 3.63) is 64.6 Å². The van der Waals surface area contributed by atoms with Gasteiger partial charge in [0.25, 0.3) is 5.56 Å². The summed E-state index contributed by atoms with van der Waals surface area (Å²) in [7, 11) is 1.74. The molecule has 1 aliphatic heterocycles. The van der Waals surface area contributed by atoms with Crippen molar-refractivity contribution in [2.75, 3.05) is 25.1 Å². The van der Waals surface area contributed by atoms with E-state index in [0.717, 1.165) is 37.2 Å². The molecule has 3 atom stereocenters. The predicted octanol–water partition coefficient (Wildman–Crippen LogP) is 3.89. The highest BCUT2D eigenvalue weighted by Crippen LogP contribution is 2.27. The van der Waals surface area contributed by atoms with Gasteiger partial charge in [-0.15, -0.1) is 0 Å². The van der Waals surface area contributed by atoms with Crippen molar-refractivity contribution in [1.29, 1.82) is 0 Å². The van der Waals surface area contributed by atoms with Crippen LogP contribution in [0.4, 0.5) is 5.69 Å². The fourth-order valence-corrected chi connectivity index (χ4v) is 4.60. The molecule has 0 unspecified atom stereocenters. The average molecular weight is 468 g/mol. The number of anilines is 1. The van der Waals surface area contributed by atoms with Crippen molar-refractivity contribution < 1.29 is 14.3 Å². The summed E-state index contributed by atoms with van der Waals surface area (Å²) in [6, 6.07) is 11.8.